The van der Waals surface area contributed by atoms with E-state index in [9.17, 15) is 4.79 Å². The maximum absolute atomic E-state index is 12.6. The molecule has 2 N–H and O–H groups in total. The van der Waals surface area contributed by atoms with Crippen LogP contribution in [0.1, 0.15) is 15.9 Å². The van der Waals surface area contributed by atoms with Gasteiger partial charge in [-0.25, -0.2) is 0 Å². The average molecular weight is 285 g/mol. The summed E-state index contributed by atoms with van der Waals surface area (Å²) >= 11 is 0. The van der Waals surface area contributed by atoms with Crippen LogP contribution in [0, 0.1) is 0 Å². The van der Waals surface area contributed by atoms with Gasteiger partial charge in [-0.05, 0) is 36.4 Å². The van der Waals surface area contributed by atoms with Crippen LogP contribution in [-0.4, -0.2) is 26.1 Å². The second kappa shape index (κ2) is 5.36. The molecule has 0 amide bonds. The van der Waals surface area contributed by atoms with Crippen molar-refractivity contribution in [3.05, 3.63) is 47.5 Å². The van der Waals surface area contributed by atoms with Crippen molar-refractivity contribution in [1.82, 2.24) is 0 Å². The number of hydrogen-bond acceptors (Lipinski definition) is 5. The van der Waals surface area contributed by atoms with Crippen LogP contribution in [0.2, 0.25) is 0 Å². The highest BCUT2D eigenvalue weighted by molar-refractivity contribution is 6.12. The van der Waals surface area contributed by atoms with E-state index in [1.54, 1.807) is 43.5 Å². The Morgan fingerprint density at radius 1 is 1.10 bits per heavy atom. The summed E-state index contributed by atoms with van der Waals surface area (Å²) in [6, 6.07) is 10.1. The molecule has 3 rings (SSSR count). The first-order valence-electron chi connectivity index (χ1n) is 6.57. The molecule has 2 aromatic rings. The Morgan fingerprint density at radius 2 is 1.86 bits per heavy atom. The van der Waals surface area contributed by atoms with E-state index in [0.717, 1.165) is 0 Å². The number of nitrogens with two attached hydrogens (primary N) is 1. The van der Waals surface area contributed by atoms with Crippen LogP contribution in [0.4, 0.5) is 5.69 Å². The molecule has 0 aliphatic carbocycles. The number of fused-ring (bicyclic) bond motifs is 1. The standard InChI is InChI=1S/C16H15NO4/c1-19-11-3-4-13(17)12(9-11)16(18)10-2-5-14-15(8-10)21-7-6-20-14/h2-5,8-9H,6-7,17H2,1H3. The Kier molecular flexibility index (Phi) is 3.39. The van der Waals surface area contributed by atoms with E-state index in [2.05, 4.69) is 0 Å². The molecule has 5 heteroatoms. The fraction of sp³-hybridized carbons (Fsp3) is 0.188. The number of anilines is 1. The van der Waals surface area contributed by atoms with E-state index in [1.165, 1.54) is 0 Å². The molecule has 0 atom stereocenters. The predicted octanol–water partition coefficient (Wildman–Crippen LogP) is 2.28. The summed E-state index contributed by atoms with van der Waals surface area (Å²) in [7, 11) is 1.55. The zero-order chi connectivity index (χ0) is 14.8. The topological polar surface area (TPSA) is 70.8 Å². The summed E-state index contributed by atoms with van der Waals surface area (Å²) < 4.78 is 16.1. The van der Waals surface area contributed by atoms with Gasteiger partial charge < -0.3 is 19.9 Å². The smallest absolute Gasteiger partial charge is 0.195 e. The molecule has 0 spiro atoms. The van der Waals surface area contributed by atoms with E-state index in [1.807, 2.05) is 0 Å². The molecule has 0 radical (unpaired) electrons. The minimum absolute atomic E-state index is 0.177. The molecule has 108 valence electrons. The summed E-state index contributed by atoms with van der Waals surface area (Å²) in [5.41, 5.74) is 7.21. The highest BCUT2D eigenvalue weighted by Crippen LogP contribution is 2.32. The van der Waals surface area contributed by atoms with Crippen LogP contribution >= 0.6 is 0 Å². The zero-order valence-electron chi connectivity index (χ0n) is 11.6. The van der Waals surface area contributed by atoms with Crippen LogP contribution < -0.4 is 19.9 Å². The van der Waals surface area contributed by atoms with Crippen LogP contribution in [0.3, 0.4) is 0 Å². The van der Waals surface area contributed by atoms with Crippen molar-refractivity contribution in [2.45, 2.75) is 0 Å². The first-order chi connectivity index (χ1) is 10.2. The van der Waals surface area contributed by atoms with Gasteiger partial charge in [-0.2, -0.15) is 0 Å². The second-order valence-corrected chi connectivity index (χ2v) is 4.64. The fourth-order valence-corrected chi connectivity index (χ4v) is 2.20. The van der Waals surface area contributed by atoms with Crippen molar-refractivity contribution in [2.75, 3.05) is 26.1 Å². The van der Waals surface area contributed by atoms with Crippen molar-refractivity contribution in [1.29, 1.82) is 0 Å². The van der Waals surface area contributed by atoms with Gasteiger partial charge >= 0.3 is 0 Å². The lowest BCUT2D eigenvalue weighted by atomic mass is 10.0. The van der Waals surface area contributed by atoms with Crippen LogP contribution in [0.15, 0.2) is 36.4 Å². The normalized spacial score (nSPS) is 12.8. The minimum Gasteiger partial charge on any atom is -0.497 e. The molecule has 0 unspecified atom stereocenters. The molecule has 0 aromatic heterocycles. The molecule has 0 bridgehead atoms. The zero-order valence-corrected chi connectivity index (χ0v) is 11.6. The van der Waals surface area contributed by atoms with Gasteiger partial charge in [0.2, 0.25) is 0 Å². The molecular formula is C16H15NO4. The number of carbonyl (C=O) groups is 1. The molecule has 1 aliphatic heterocycles. The van der Waals surface area contributed by atoms with Crippen molar-refractivity contribution in [3.63, 3.8) is 0 Å². The lowest BCUT2D eigenvalue weighted by molar-refractivity contribution is 0.103. The van der Waals surface area contributed by atoms with Gasteiger partial charge in [0.15, 0.2) is 17.3 Å². The SMILES string of the molecule is COc1ccc(N)c(C(=O)c2ccc3c(c2)OCCO3)c1. The van der Waals surface area contributed by atoms with Crippen molar-refractivity contribution >= 4 is 11.5 Å². The highest BCUT2D eigenvalue weighted by Gasteiger charge is 2.18. The van der Waals surface area contributed by atoms with Crippen LogP contribution in [0.25, 0.3) is 0 Å². The average Bonchev–Trinajstić information content (AvgIpc) is 2.54. The van der Waals surface area contributed by atoms with Crippen LogP contribution in [0.5, 0.6) is 17.2 Å². The van der Waals surface area contributed by atoms with E-state index in [0.29, 0.717) is 47.3 Å². The summed E-state index contributed by atoms with van der Waals surface area (Å²) in [6.45, 7) is 0.995. The van der Waals surface area contributed by atoms with Gasteiger partial charge in [0, 0.05) is 16.8 Å². The van der Waals surface area contributed by atoms with Gasteiger partial charge in [-0.1, -0.05) is 0 Å². The van der Waals surface area contributed by atoms with E-state index >= 15 is 0 Å². The summed E-state index contributed by atoms with van der Waals surface area (Å²) in [4.78, 5) is 12.6. The van der Waals surface area contributed by atoms with Gasteiger partial charge in [0.25, 0.3) is 0 Å². The lowest BCUT2D eigenvalue weighted by Crippen LogP contribution is -2.16. The Labute approximate surface area is 122 Å². The molecule has 0 saturated carbocycles. The lowest BCUT2D eigenvalue weighted by Gasteiger charge is -2.18. The summed E-state index contributed by atoms with van der Waals surface area (Å²) in [6.07, 6.45) is 0. The first-order valence-corrected chi connectivity index (χ1v) is 6.57. The Balaban J connectivity index is 1.98. The van der Waals surface area contributed by atoms with Crippen molar-refractivity contribution in [3.8, 4) is 17.2 Å². The van der Waals surface area contributed by atoms with Crippen molar-refractivity contribution < 1.29 is 19.0 Å². The minimum atomic E-state index is -0.177. The summed E-state index contributed by atoms with van der Waals surface area (Å²) in [5.74, 6) is 1.64. The fourth-order valence-electron chi connectivity index (χ4n) is 2.20. The van der Waals surface area contributed by atoms with E-state index < -0.39 is 0 Å². The third-order valence-corrected chi connectivity index (χ3v) is 3.31. The second-order valence-electron chi connectivity index (χ2n) is 4.64. The number of rotatable bonds is 3. The van der Waals surface area contributed by atoms with E-state index in [4.69, 9.17) is 19.9 Å². The number of benzene rings is 2. The monoisotopic (exact) mass is 285 g/mol. The van der Waals surface area contributed by atoms with Gasteiger partial charge in [-0.15, -0.1) is 0 Å². The number of hydrogen-bond donors (Lipinski definition) is 1. The quantitative estimate of drug-likeness (QED) is 0.692. The van der Waals surface area contributed by atoms with Gasteiger partial charge in [0.1, 0.15) is 19.0 Å². The van der Waals surface area contributed by atoms with Gasteiger partial charge in [-0.3, -0.25) is 4.79 Å². The van der Waals surface area contributed by atoms with Gasteiger partial charge in [0.05, 0.1) is 7.11 Å². The molecule has 1 heterocycles. The third-order valence-electron chi connectivity index (χ3n) is 3.31. The largest absolute Gasteiger partial charge is 0.497 e. The molecule has 5 nitrogen and oxygen atoms in total. The van der Waals surface area contributed by atoms with Crippen LogP contribution in [-0.2, 0) is 0 Å². The number of methoxy groups -OCH3 is 1. The number of ketones is 1. The molecule has 2 aromatic carbocycles. The Morgan fingerprint density at radius 3 is 2.62 bits per heavy atom. The molecule has 0 saturated heterocycles. The van der Waals surface area contributed by atoms with Crippen molar-refractivity contribution in [2.24, 2.45) is 0 Å². The highest BCUT2D eigenvalue weighted by atomic mass is 16.6. The number of nitrogen functional groups attached to an aromatic ring is 1. The third kappa shape index (κ3) is 2.50. The maximum atomic E-state index is 12.6. The Bertz CT molecular complexity index is 697. The molecule has 21 heavy (non-hydrogen) atoms. The maximum Gasteiger partial charge on any atom is 0.195 e. The molecular weight excluding hydrogens is 270 g/mol. The van der Waals surface area contributed by atoms with E-state index in [-0.39, 0.29) is 5.78 Å². The predicted molar refractivity (Wildman–Crippen MR) is 78.3 cm³/mol. The Hall–Kier alpha value is -2.69. The molecule has 1 aliphatic rings. The first kappa shape index (κ1) is 13.3. The number of carbonyl (C=O) groups excluding carboxylic acids is 1. The summed E-state index contributed by atoms with van der Waals surface area (Å²) in [5, 5.41) is 0. The molecule has 0 fully saturated rings. The number of ether oxygens (including phenoxy) is 3.